The average Bonchev–Trinajstić information content (AvgIpc) is 2.88. The molecule has 0 amide bonds. The molecule has 2 aromatic rings. The van der Waals surface area contributed by atoms with E-state index in [9.17, 15) is 13.2 Å². The molecule has 0 radical (unpaired) electrons. The molecule has 0 fully saturated rings. The molecule has 2 N–H and O–H groups in total. The van der Waals surface area contributed by atoms with E-state index in [4.69, 9.17) is 5.11 Å². The first-order valence-electron chi connectivity index (χ1n) is 4.59. The van der Waals surface area contributed by atoms with Crippen LogP contribution in [0.15, 0.2) is 22.7 Å². The average molecular weight is 288 g/mol. The monoisotopic (exact) mass is 288 g/mol. The minimum atomic E-state index is -3.98. The molecule has 0 aliphatic heterocycles. The third-order valence-corrected chi connectivity index (χ3v) is 4.45. The van der Waals surface area contributed by atoms with E-state index in [0.717, 1.165) is 11.3 Å². The fourth-order valence-electron chi connectivity index (χ4n) is 1.23. The summed E-state index contributed by atoms with van der Waals surface area (Å²) in [5, 5.41) is 14.0. The van der Waals surface area contributed by atoms with Crippen LogP contribution in [0, 0.1) is 0 Å². The Kier molecular flexibility index (Phi) is 3.05. The number of thiophene rings is 1. The zero-order chi connectivity index (χ0) is 13.3. The van der Waals surface area contributed by atoms with Gasteiger partial charge in [0, 0.05) is 7.05 Å². The number of rotatable bonds is 4. The van der Waals surface area contributed by atoms with E-state index in [0.29, 0.717) is 0 Å². The molecule has 0 aliphatic rings. The molecule has 2 aromatic heterocycles. The van der Waals surface area contributed by atoms with Crippen LogP contribution in [0.4, 0.5) is 5.95 Å². The van der Waals surface area contributed by atoms with Crippen LogP contribution < -0.4 is 4.72 Å². The number of nitrogens with zero attached hydrogens (tertiary/aromatic N) is 3. The Balaban J connectivity index is 2.40. The van der Waals surface area contributed by atoms with Gasteiger partial charge in [0.25, 0.3) is 10.0 Å². The molecule has 0 atom stereocenters. The summed E-state index contributed by atoms with van der Waals surface area (Å²) in [5.74, 6) is -1.28. The topological polar surface area (TPSA) is 114 Å². The lowest BCUT2D eigenvalue weighted by atomic mass is 10.5. The standard InChI is InChI=1S/C8H8N4O4S2/c1-12-8(9-4-10-12)11-18(15,16)5-2-3-17-6(5)7(13)14/h2-4H,1H3,(H,13,14)(H,9,10,11). The molecule has 0 saturated heterocycles. The first kappa shape index (κ1) is 12.5. The SMILES string of the molecule is Cn1ncnc1NS(=O)(=O)c1ccsc1C(=O)O. The smallest absolute Gasteiger partial charge is 0.347 e. The Labute approximate surface area is 106 Å². The van der Waals surface area contributed by atoms with Crippen molar-refractivity contribution in [3.8, 4) is 0 Å². The fourth-order valence-corrected chi connectivity index (χ4v) is 3.53. The van der Waals surface area contributed by atoms with Crippen LogP contribution in [0.25, 0.3) is 0 Å². The van der Waals surface area contributed by atoms with Gasteiger partial charge in [-0.3, -0.25) is 0 Å². The second-order valence-electron chi connectivity index (χ2n) is 3.23. The minimum Gasteiger partial charge on any atom is -0.477 e. The van der Waals surface area contributed by atoms with Crippen molar-refractivity contribution in [1.29, 1.82) is 0 Å². The molecule has 18 heavy (non-hydrogen) atoms. The van der Waals surface area contributed by atoms with Crippen LogP contribution in [0.5, 0.6) is 0 Å². The Hall–Kier alpha value is -1.94. The van der Waals surface area contributed by atoms with Gasteiger partial charge in [-0.1, -0.05) is 0 Å². The van der Waals surface area contributed by atoms with Crippen molar-refractivity contribution < 1.29 is 18.3 Å². The maximum Gasteiger partial charge on any atom is 0.347 e. The Morgan fingerprint density at radius 2 is 2.28 bits per heavy atom. The van der Waals surface area contributed by atoms with Crippen molar-refractivity contribution in [3.63, 3.8) is 0 Å². The lowest BCUT2D eigenvalue weighted by Crippen LogP contribution is -2.17. The van der Waals surface area contributed by atoms with E-state index in [1.54, 1.807) is 0 Å². The molecule has 0 bridgehead atoms. The highest BCUT2D eigenvalue weighted by Gasteiger charge is 2.25. The van der Waals surface area contributed by atoms with Crippen molar-refractivity contribution in [2.24, 2.45) is 7.05 Å². The molecule has 96 valence electrons. The number of aryl methyl sites for hydroxylation is 1. The number of carboxylic acid groups (broad SMARTS) is 1. The van der Waals surface area contributed by atoms with Crippen LogP contribution in [0.3, 0.4) is 0 Å². The van der Waals surface area contributed by atoms with Gasteiger partial charge in [0.1, 0.15) is 16.1 Å². The van der Waals surface area contributed by atoms with Gasteiger partial charge in [0.05, 0.1) is 0 Å². The number of aromatic nitrogens is 3. The van der Waals surface area contributed by atoms with Crippen LogP contribution in [-0.2, 0) is 17.1 Å². The third kappa shape index (κ3) is 2.19. The van der Waals surface area contributed by atoms with E-state index in [1.165, 1.54) is 29.5 Å². The summed E-state index contributed by atoms with van der Waals surface area (Å²) in [6.07, 6.45) is 1.18. The Bertz CT molecular complexity index is 688. The number of hydrogen-bond donors (Lipinski definition) is 2. The maximum absolute atomic E-state index is 12.0. The van der Waals surface area contributed by atoms with Crippen LogP contribution in [-0.4, -0.2) is 34.3 Å². The summed E-state index contributed by atoms with van der Waals surface area (Å²) < 4.78 is 27.4. The summed E-state index contributed by atoms with van der Waals surface area (Å²) in [6, 6.07) is 1.23. The van der Waals surface area contributed by atoms with E-state index in [1.807, 2.05) is 0 Å². The van der Waals surface area contributed by atoms with Crippen molar-refractivity contribution in [3.05, 3.63) is 22.7 Å². The van der Waals surface area contributed by atoms with E-state index in [2.05, 4.69) is 14.8 Å². The maximum atomic E-state index is 12.0. The van der Waals surface area contributed by atoms with Crippen LogP contribution in [0.1, 0.15) is 9.67 Å². The lowest BCUT2D eigenvalue weighted by Gasteiger charge is -2.05. The van der Waals surface area contributed by atoms with Crippen LogP contribution >= 0.6 is 11.3 Å². The molecule has 0 unspecified atom stereocenters. The van der Waals surface area contributed by atoms with E-state index < -0.39 is 16.0 Å². The van der Waals surface area contributed by atoms with Gasteiger partial charge in [-0.2, -0.15) is 10.1 Å². The van der Waals surface area contributed by atoms with E-state index in [-0.39, 0.29) is 15.7 Å². The molecular weight excluding hydrogens is 280 g/mol. The largest absolute Gasteiger partial charge is 0.477 e. The molecular formula is C8H8N4O4S2. The zero-order valence-corrected chi connectivity index (χ0v) is 10.7. The normalized spacial score (nSPS) is 11.4. The van der Waals surface area contributed by atoms with Crippen molar-refractivity contribution in [2.75, 3.05) is 4.72 Å². The first-order valence-corrected chi connectivity index (χ1v) is 6.95. The summed E-state index contributed by atoms with van der Waals surface area (Å²) in [5.41, 5.74) is 0. The van der Waals surface area contributed by atoms with Gasteiger partial charge < -0.3 is 5.11 Å². The van der Waals surface area contributed by atoms with Crippen molar-refractivity contribution in [1.82, 2.24) is 14.8 Å². The first-order chi connectivity index (χ1) is 8.42. The molecule has 0 spiro atoms. The van der Waals surface area contributed by atoms with Gasteiger partial charge in [-0.25, -0.2) is 22.6 Å². The van der Waals surface area contributed by atoms with Gasteiger partial charge in [0.15, 0.2) is 0 Å². The second-order valence-corrected chi connectivity index (χ2v) is 5.80. The number of anilines is 1. The number of carbonyl (C=O) groups is 1. The predicted molar refractivity (Wildman–Crippen MR) is 63.1 cm³/mol. The molecule has 0 aromatic carbocycles. The molecule has 0 aliphatic carbocycles. The van der Waals surface area contributed by atoms with Gasteiger partial charge in [-0.15, -0.1) is 11.3 Å². The van der Waals surface area contributed by atoms with Crippen molar-refractivity contribution >= 4 is 33.3 Å². The van der Waals surface area contributed by atoms with Crippen molar-refractivity contribution in [2.45, 2.75) is 4.90 Å². The number of hydrogen-bond acceptors (Lipinski definition) is 6. The number of nitrogens with one attached hydrogen (secondary N) is 1. The highest BCUT2D eigenvalue weighted by Crippen LogP contribution is 2.23. The minimum absolute atomic E-state index is 0.0116. The third-order valence-electron chi connectivity index (χ3n) is 2.05. The fraction of sp³-hybridized carbons (Fsp3) is 0.125. The lowest BCUT2D eigenvalue weighted by molar-refractivity contribution is 0.0698. The summed E-state index contributed by atoms with van der Waals surface area (Å²) >= 11 is 0.840. The molecule has 8 nitrogen and oxygen atoms in total. The van der Waals surface area contributed by atoms with Gasteiger partial charge in [-0.05, 0) is 11.4 Å². The second kappa shape index (κ2) is 4.38. The molecule has 0 saturated carbocycles. The molecule has 2 heterocycles. The number of aromatic carboxylic acids is 1. The number of carboxylic acids is 1. The van der Waals surface area contributed by atoms with Gasteiger partial charge in [0.2, 0.25) is 5.95 Å². The quantitative estimate of drug-likeness (QED) is 0.840. The Morgan fingerprint density at radius 3 is 2.83 bits per heavy atom. The summed E-state index contributed by atoms with van der Waals surface area (Å²) in [7, 11) is -2.47. The Morgan fingerprint density at radius 1 is 1.56 bits per heavy atom. The summed E-state index contributed by atoms with van der Waals surface area (Å²) in [6.45, 7) is 0. The number of sulfonamides is 1. The highest BCUT2D eigenvalue weighted by molar-refractivity contribution is 7.93. The molecule has 10 heteroatoms. The zero-order valence-electron chi connectivity index (χ0n) is 9.06. The van der Waals surface area contributed by atoms with Gasteiger partial charge >= 0.3 is 5.97 Å². The molecule has 2 rings (SSSR count). The van der Waals surface area contributed by atoms with Crippen LogP contribution in [0.2, 0.25) is 0 Å². The predicted octanol–water partition coefficient (Wildman–Crippen LogP) is 0.376. The summed E-state index contributed by atoms with van der Waals surface area (Å²) in [4.78, 5) is 14.1. The van der Waals surface area contributed by atoms with E-state index >= 15 is 0 Å². The highest BCUT2D eigenvalue weighted by atomic mass is 32.2.